The van der Waals surface area contributed by atoms with Crippen molar-refractivity contribution in [1.82, 2.24) is 20.1 Å². The Morgan fingerprint density at radius 1 is 1.52 bits per heavy atom. The van der Waals surface area contributed by atoms with Crippen molar-refractivity contribution in [2.45, 2.75) is 45.9 Å². The summed E-state index contributed by atoms with van der Waals surface area (Å²) in [6, 6.07) is -0.119. The molecule has 0 aliphatic carbocycles. The minimum atomic E-state index is -0.0629. The Hall–Kier alpha value is -1.18. The molecule has 1 saturated heterocycles. The van der Waals surface area contributed by atoms with Gasteiger partial charge in [-0.3, -0.25) is 4.90 Å². The molecule has 0 saturated carbocycles. The number of aryl methyl sites for hydroxylation is 1. The minimum Gasteiger partial charge on any atom is -0.373 e. The van der Waals surface area contributed by atoms with Gasteiger partial charge in [0.15, 0.2) is 0 Å². The Labute approximate surface area is 142 Å². The number of nitrogens with one attached hydrogen (secondary N) is 1. The number of thiazole rings is 1. The van der Waals surface area contributed by atoms with Crippen LogP contribution in [0, 0.1) is 6.92 Å². The minimum absolute atomic E-state index is 0.0558. The molecule has 1 aromatic heterocycles. The molecule has 0 radical (unpaired) electrons. The second-order valence-electron chi connectivity index (χ2n) is 6.42. The van der Waals surface area contributed by atoms with Crippen molar-refractivity contribution >= 4 is 17.4 Å². The number of rotatable bonds is 5. The molecule has 2 heterocycles. The first-order chi connectivity index (χ1) is 10.8. The topological polar surface area (TPSA) is 57.7 Å². The fourth-order valence-corrected chi connectivity index (χ4v) is 3.57. The van der Waals surface area contributed by atoms with Crippen LogP contribution in [0.2, 0.25) is 0 Å². The van der Waals surface area contributed by atoms with E-state index in [0.717, 1.165) is 29.5 Å². The van der Waals surface area contributed by atoms with Crippen LogP contribution >= 0.6 is 11.3 Å². The molecule has 0 spiro atoms. The van der Waals surface area contributed by atoms with E-state index in [9.17, 15) is 4.79 Å². The first kappa shape index (κ1) is 18.2. The molecule has 0 bridgehead atoms. The summed E-state index contributed by atoms with van der Waals surface area (Å²) in [5.74, 6) is 0. The van der Waals surface area contributed by atoms with Crippen LogP contribution in [0.25, 0.3) is 0 Å². The van der Waals surface area contributed by atoms with Crippen molar-refractivity contribution in [3.63, 3.8) is 0 Å². The summed E-state index contributed by atoms with van der Waals surface area (Å²) in [6.07, 6.45) is 2.35. The van der Waals surface area contributed by atoms with Crippen molar-refractivity contribution in [2.75, 3.05) is 33.2 Å². The predicted molar refractivity (Wildman–Crippen MR) is 92.9 cm³/mol. The van der Waals surface area contributed by atoms with E-state index in [1.165, 1.54) is 0 Å². The molecule has 130 valence electrons. The van der Waals surface area contributed by atoms with Crippen LogP contribution in [0.3, 0.4) is 0 Å². The standard InChI is InChI=1S/C16H28N4O2S/c1-11-9-20(10-12(2)22-11)7-6-19(5)16(21)18-14(4)15-17-8-13(3)23-15/h8,11-12,14H,6-7,9-10H2,1-5H3,(H,18,21)/t11-,12+,14-/m0/s1. The number of ether oxygens (including phenoxy) is 1. The highest BCUT2D eigenvalue weighted by Gasteiger charge is 2.23. The van der Waals surface area contributed by atoms with E-state index in [-0.39, 0.29) is 24.3 Å². The molecule has 1 N–H and O–H groups in total. The van der Waals surface area contributed by atoms with Crippen LogP contribution in [0.5, 0.6) is 0 Å². The van der Waals surface area contributed by atoms with Crippen LogP contribution < -0.4 is 5.32 Å². The molecule has 3 atom stereocenters. The number of amides is 2. The van der Waals surface area contributed by atoms with Gasteiger partial charge in [0.1, 0.15) is 5.01 Å². The number of carbonyl (C=O) groups excluding carboxylic acids is 1. The zero-order valence-corrected chi connectivity index (χ0v) is 15.5. The number of morpholine rings is 1. The second kappa shape index (κ2) is 8.08. The van der Waals surface area contributed by atoms with Gasteiger partial charge in [-0.2, -0.15) is 0 Å². The molecule has 2 rings (SSSR count). The monoisotopic (exact) mass is 340 g/mol. The van der Waals surface area contributed by atoms with Gasteiger partial charge in [0.05, 0.1) is 18.2 Å². The number of urea groups is 1. The lowest BCUT2D eigenvalue weighted by Crippen LogP contribution is -2.49. The number of likely N-dealkylation sites (N-methyl/N-ethyl adjacent to an activating group) is 1. The quantitative estimate of drug-likeness (QED) is 0.893. The Bertz CT molecular complexity index is 512. The molecular formula is C16H28N4O2S. The summed E-state index contributed by atoms with van der Waals surface area (Å²) in [4.78, 5) is 21.9. The zero-order chi connectivity index (χ0) is 17.0. The Morgan fingerprint density at radius 2 is 2.17 bits per heavy atom. The van der Waals surface area contributed by atoms with Crippen molar-refractivity contribution in [3.8, 4) is 0 Å². The van der Waals surface area contributed by atoms with Crippen molar-refractivity contribution in [3.05, 3.63) is 16.1 Å². The highest BCUT2D eigenvalue weighted by Crippen LogP contribution is 2.19. The lowest BCUT2D eigenvalue weighted by Gasteiger charge is -2.36. The summed E-state index contributed by atoms with van der Waals surface area (Å²) in [6.45, 7) is 11.6. The van der Waals surface area contributed by atoms with E-state index in [2.05, 4.69) is 29.0 Å². The average molecular weight is 340 g/mol. The van der Waals surface area contributed by atoms with E-state index >= 15 is 0 Å². The van der Waals surface area contributed by atoms with Gasteiger partial charge in [0, 0.05) is 44.3 Å². The average Bonchev–Trinajstić information content (AvgIpc) is 2.90. The molecular weight excluding hydrogens is 312 g/mol. The molecule has 1 aliphatic rings. The number of carbonyl (C=O) groups is 1. The fourth-order valence-electron chi connectivity index (χ4n) is 2.79. The van der Waals surface area contributed by atoms with Crippen LogP contribution in [0.4, 0.5) is 4.79 Å². The van der Waals surface area contributed by atoms with Crippen molar-refractivity contribution < 1.29 is 9.53 Å². The van der Waals surface area contributed by atoms with E-state index in [4.69, 9.17) is 4.74 Å². The third-order valence-corrected chi connectivity index (χ3v) is 5.04. The smallest absolute Gasteiger partial charge is 0.317 e. The van der Waals surface area contributed by atoms with Crippen molar-refractivity contribution in [2.24, 2.45) is 0 Å². The SMILES string of the molecule is Cc1cnc([C@H](C)NC(=O)N(C)CCN2C[C@@H](C)O[C@@H](C)C2)s1. The third-order valence-electron chi connectivity index (χ3n) is 3.94. The van der Waals surface area contributed by atoms with E-state index in [0.29, 0.717) is 6.54 Å². The largest absolute Gasteiger partial charge is 0.373 e. The molecule has 1 aromatic rings. The lowest BCUT2D eigenvalue weighted by molar-refractivity contribution is -0.0684. The van der Waals surface area contributed by atoms with Crippen LogP contribution in [0.1, 0.15) is 36.7 Å². The normalized spacial score (nSPS) is 23.5. The van der Waals surface area contributed by atoms with Gasteiger partial charge in [-0.05, 0) is 27.7 Å². The first-order valence-corrected chi connectivity index (χ1v) is 8.98. The van der Waals surface area contributed by atoms with E-state index < -0.39 is 0 Å². The number of hydrogen-bond donors (Lipinski definition) is 1. The highest BCUT2D eigenvalue weighted by atomic mass is 32.1. The van der Waals surface area contributed by atoms with Crippen LogP contribution in [0.15, 0.2) is 6.20 Å². The maximum absolute atomic E-state index is 12.3. The van der Waals surface area contributed by atoms with Gasteiger partial charge in [-0.15, -0.1) is 11.3 Å². The lowest BCUT2D eigenvalue weighted by atomic mass is 10.2. The summed E-state index contributed by atoms with van der Waals surface area (Å²) < 4.78 is 5.73. The highest BCUT2D eigenvalue weighted by molar-refractivity contribution is 7.11. The summed E-state index contributed by atoms with van der Waals surface area (Å²) in [7, 11) is 1.84. The molecule has 0 aromatic carbocycles. The Kier molecular flexibility index (Phi) is 6.38. The first-order valence-electron chi connectivity index (χ1n) is 8.17. The molecule has 7 heteroatoms. The molecule has 0 unspecified atom stereocenters. The van der Waals surface area contributed by atoms with Crippen LogP contribution in [-0.4, -0.2) is 66.2 Å². The number of hydrogen-bond acceptors (Lipinski definition) is 5. The van der Waals surface area contributed by atoms with E-state index in [1.54, 1.807) is 16.2 Å². The van der Waals surface area contributed by atoms with Gasteiger partial charge in [0.25, 0.3) is 0 Å². The van der Waals surface area contributed by atoms with Crippen molar-refractivity contribution in [1.29, 1.82) is 0 Å². The summed E-state index contributed by atoms with van der Waals surface area (Å²) in [5.41, 5.74) is 0. The molecule has 1 fully saturated rings. The maximum atomic E-state index is 12.3. The van der Waals surface area contributed by atoms with Gasteiger partial charge in [-0.25, -0.2) is 9.78 Å². The van der Waals surface area contributed by atoms with Gasteiger partial charge < -0.3 is 15.0 Å². The molecule has 23 heavy (non-hydrogen) atoms. The second-order valence-corrected chi connectivity index (χ2v) is 7.69. The number of nitrogens with zero attached hydrogens (tertiary/aromatic N) is 3. The van der Waals surface area contributed by atoms with E-state index in [1.807, 2.05) is 27.1 Å². The van der Waals surface area contributed by atoms with Gasteiger partial charge in [-0.1, -0.05) is 0 Å². The number of aromatic nitrogens is 1. The summed E-state index contributed by atoms with van der Waals surface area (Å²) in [5, 5.41) is 3.95. The molecule has 1 aliphatic heterocycles. The molecule has 2 amide bonds. The summed E-state index contributed by atoms with van der Waals surface area (Å²) >= 11 is 1.62. The zero-order valence-electron chi connectivity index (χ0n) is 14.7. The van der Waals surface area contributed by atoms with Gasteiger partial charge in [0.2, 0.25) is 0 Å². The molecule has 6 nitrogen and oxygen atoms in total. The van der Waals surface area contributed by atoms with Gasteiger partial charge >= 0.3 is 6.03 Å². The van der Waals surface area contributed by atoms with Crippen LogP contribution in [-0.2, 0) is 4.74 Å². The Morgan fingerprint density at radius 3 is 2.74 bits per heavy atom. The Balaban J connectivity index is 1.76. The predicted octanol–water partition coefficient (Wildman–Crippen LogP) is 2.26. The fraction of sp³-hybridized carbons (Fsp3) is 0.750. The third kappa shape index (κ3) is 5.44. The maximum Gasteiger partial charge on any atom is 0.317 e.